The van der Waals surface area contributed by atoms with E-state index in [1.807, 2.05) is 0 Å². The molecule has 0 spiro atoms. The molecule has 5 rings (SSSR count). The summed E-state index contributed by atoms with van der Waals surface area (Å²) in [4.78, 5) is 27.1. The van der Waals surface area contributed by atoms with Crippen LogP contribution in [0.3, 0.4) is 0 Å². The molecule has 3 heterocycles. The molecule has 170 valence electrons. The molecule has 1 saturated heterocycles. The highest BCUT2D eigenvalue weighted by Gasteiger charge is 2.49. The molecular weight excluding hydrogens is 440 g/mol. The summed E-state index contributed by atoms with van der Waals surface area (Å²) in [6.07, 6.45) is 0.220. The number of nitrogens with zero attached hydrogens (tertiary/aromatic N) is 4. The Morgan fingerprint density at radius 3 is 2.55 bits per heavy atom. The third-order valence-electron chi connectivity index (χ3n) is 6.05. The van der Waals surface area contributed by atoms with Crippen LogP contribution in [-0.2, 0) is 6.18 Å². The van der Waals surface area contributed by atoms with Crippen LogP contribution < -0.4 is 4.74 Å². The van der Waals surface area contributed by atoms with Crippen molar-refractivity contribution in [1.29, 1.82) is 0 Å². The topological polar surface area (TPSA) is 68.2 Å². The summed E-state index contributed by atoms with van der Waals surface area (Å²) < 4.78 is 59.6. The fourth-order valence-electron chi connectivity index (χ4n) is 4.64. The van der Waals surface area contributed by atoms with Crippen LogP contribution in [0.2, 0.25) is 0 Å². The number of hydrogen-bond acceptors (Lipinski definition) is 5. The standard InChI is InChI=1S/C23H18F4N4O2/c24-16-4-1-3-15(20(16)21-29-6-2-7-30-21)22(32)31-12-13-9-17(31)18(10-13)33-19-11-14(5-8-28-19)23(25,26)27/h1-8,11,13,17-18H,9-10,12H2/t13-,17+,18-/m1/s1. The highest BCUT2D eigenvalue weighted by molar-refractivity contribution is 6.00. The van der Waals surface area contributed by atoms with Crippen molar-refractivity contribution in [3.8, 4) is 17.3 Å². The average molecular weight is 458 g/mol. The van der Waals surface area contributed by atoms with E-state index in [0.717, 1.165) is 18.3 Å². The molecule has 1 aliphatic heterocycles. The summed E-state index contributed by atoms with van der Waals surface area (Å²) in [5.74, 6) is -0.907. The molecular formula is C23H18F4N4O2. The van der Waals surface area contributed by atoms with Gasteiger partial charge in [-0.05, 0) is 43.0 Å². The lowest BCUT2D eigenvalue weighted by atomic mass is 10.0. The maximum absolute atomic E-state index is 14.7. The van der Waals surface area contributed by atoms with Gasteiger partial charge in [0.1, 0.15) is 11.9 Å². The molecule has 2 fully saturated rings. The van der Waals surface area contributed by atoms with Gasteiger partial charge in [-0.2, -0.15) is 13.2 Å². The van der Waals surface area contributed by atoms with Crippen molar-refractivity contribution in [2.24, 2.45) is 5.92 Å². The zero-order valence-electron chi connectivity index (χ0n) is 17.2. The van der Waals surface area contributed by atoms with Crippen LogP contribution in [0.15, 0.2) is 55.0 Å². The van der Waals surface area contributed by atoms with Gasteiger partial charge in [-0.25, -0.2) is 19.3 Å². The third-order valence-corrected chi connectivity index (χ3v) is 6.05. The van der Waals surface area contributed by atoms with E-state index < -0.39 is 29.6 Å². The van der Waals surface area contributed by atoms with Gasteiger partial charge >= 0.3 is 6.18 Å². The fourth-order valence-corrected chi connectivity index (χ4v) is 4.64. The molecule has 6 nitrogen and oxygen atoms in total. The van der Waals surface area contributed by atoms with E-state index >= 15 is 0 Å². The Hall–Kier alpha value is -3.56. The Morgan fingerprint density at radius 2 is 1.82 bits per heavy atom. The lowest BCUT2D eigenvalue weighted by molar-refractivity contribution is -0.137. The summed E-state index contributed by atoms with van der Waals surface area (Å²) in [5, 5.41) is 0. The molecule has 33 heavy (non-hydrogen) atoms. The van der Waals surface area contributed by atoms with Gasteiger partial charge in [-0.3, -0.25) is 4.79 Å². The van der Waals surface area contributed by atoms with Crippen LogP contribution in [0.4, 0.5) is 17.6 Å². The van der Waals surface area contributed by atoms with E-state index in [9.17, 15) is 22.4 Å². The normalized spacial score (nSPS) is 21.9. The zero-order valence-corrected chi connectivity index (χ0v) is 17.2. The summed E-state index contributed by atoms with van der Waals surface area (Å²) >= 11 is 0. The van der Waals surface area contributed by atoms with Gasteiger partial charge in [-0.15, -0.1) is 0 Å². The minimum absolute atomic E-state index is 0.0166. The molecule has 1 saturated carbocycles. The number of pyridine rings is 1. The van der Waals surface area contributed by atoms with Crippen LogP contribution >= 0.6 is 0 Å². The van der Waals surface area contributed by atoms with Crippen LogP contribution in [0, 0.1) is 11.7 Å². The summed E-state index contributed by atoms with van der Waals surface area (Å²) in [6, 6.07) is 7.18. The maximum atomic E-state index is 14.7. The molecule has 2 aromatic heterocycles. The van der Waals surface area contributed by atoms with E-state index in [2.05, 4.69) is 15.0 Å². The van der Waals surface area contributed by atoms with Crippen LogP contribution in [-0.4, -0.2) is 44.4 Å². The molecule has 2 bridgehead atoms. The molecule has 2 aliphatic rings. The first-order valence-electron chi connectivity index (χ1n) is 10.4. The zero-order chi connectivity index (χ0) is 23.2. The Morgan fingerprint density at radius 1 is 1.03 bits per heavy atom. The molecule has 1 aromatic carbocycles. The molecule has 10 heteroatoms. The number of carbonyl (C=O) groups excluding carboxylic acids is 1. The number of ether oxygens (including phenoxy) is 1. The molecule has 1 aliphatic carbocycles. The monoisotopic (exact) mass is 458 g/mol. The Bertz CT molecular complexity index is 1190. The first-order chi connectivity index (χ1) is 15.8. The summed E-state index contributed by atoms with van der Waals surface area (Å²) in [6.45, 7) is 0.463. The van der Waals surface area contributed by atoms with Crippen LogP contribution in [0.5, 0.6) is 5.88 Å². The second-order valence-corrected chi connectivity index (χ2v) is 8.13. The first-order valence-corrected chi connectivity index (χ1v) is 10.4. The Balaban J connectivity index is 1.40. The molecule has 1 amide bonds. The summed E-state index contributed by atoms with van der Waals surface area (Å²) in [7, 11) is 0. The van der Waals surface area contributed by atoms with Gasteiger partial charge in [0, 0.05) is 31.2 Å². The molecule has 3 aromatic rings. The molecule has 0 unspecified atom stereocenters. The Kier molecular flexibility index (Phi) is 5.22. The highest BCUT2D eigenvalue weighted by Crippen LogP contribution is 2.41. The maximum Gasteiger partial charge on any atom is 0.416 e. The minimum atomic E-state index is -4.51. The van der Waals surface area contributed by atoms with Gasteiger partial charge in [0.15, 0.2) is 5.82 Å². The van der Waals surface area contributed by atoms with Crippen LogP contribution in [0.25, 0.3) is 11.4 Å². The number of rotatable bonds is 4. The van der Waals surface area contributed by atoms with Crippen molar-refractivity contribution >= 4 is 5.91 Å². The van der Waals surface area contributed by atoms with Crippen LogP contribution in [0.1, 0.15) is 28.8 Å². The number of hydrogen-bond donors (Lipinski definition) is 0. The molecule has 0 radical (unpaired) electrons. The van der Waals surface area contributed by atoms with Gasteiger partial charge < -0.3 is 9.64 Å². The molecule has 0 N–H and O–H groups in total. The quantitative estimate of drug-likeness (QED) is 0.543. The number of fused-ring (bicyclic) bond motifs is 2. The van der Waals surface area contributed by atoms with Gasteiger partial charge in [0.2, 0.25) is 5.88 Å². The lowest BCUT2D eigenvalue weighted by Crippen LogP contribution is -2.47. The van der Waals surface area contributed by atoms with Gasteiger partial charge in [-0.1, -0.05) is 6.07 Å². The SMILES string of the molecule is O=C(c1cccc(F)c1-c1ncccn1)N1C[C@H]2C[C@@H](Oc3cc(C(F)(F)F)ccn3)[C@@H]1C2. The van der Waals surface area contributed by atoms with Crippen molar-refractivity contribution in [1.82, 2.24) is 19.9 Å². The van der Waals surface area contributed by atoms with Crippen molar-refractivity contribution in [3.05, 3.63) is 71.9 Å². The van der Waals surface area contributed by atoms with Crippen molar-refractivity contribution in [3.63, 3.8) is 0 Å². The minimum Gasteiger partial charge on any atom is -0.472 e. The van der Waals surface area contributed by atoms with Crippen molar-refractivity contribution in [2.75, 3.05) is 6.54 Å². The van der Waals surface area contributed by atoms with E-state index in [1.165, 1.54) is 30.6 Å². The second-order valence-electron chi connectivity index (χ2n) is 8.13. The average Bonchev–Trinajstić information content (AvgIpc) is 3.39. The number of benzene rings is 1. The van der Waals surface area contributed by atoms with E-state index in [1.54, 1.807) is 11.0 Å². The number of amides is 1. The Labute approximate surface area is 186 Å². The van der Waals surface area contributed by atoms with E-state index in [-0.39, 0.29) is 34.8 Å². The van der Waals surface area contributed by atoms with Gasteiger partial charge in [0.25, 0.3) is 5.91 Å². The predicted octanol–water partition coefficient (Wildman–Crippen LogP) is 4.38. The van der Waals surface area contributed by atoms with Gasteiger partial charge in [0.05, 0.1) is 22.7 Å². The predicted molar refractivity (Wildman–Crippen MR) is 109 cm³/mol. The number of likely N-dealkylation sites (tertiary alicyclic amines) is 1. The van der Waals surface area contributed by atoms with E-state index in [0.29, 0.717) is 19.4 Å². The van der Waals surface area contributed by atoms with Crippen molar-refractivity contribution < 1.29 is 27.1 Å². The number of carbonyl (C=O) groups is 1. The number of piperidine rings is 1. The number of alkyl halides is 3. The number of halogens is 4. The third kappa shape index (κ3) is 4.01. The lowest BCUT2D eigenvalue weighted by Gasteiger charge is -2.33. The molecule has 3 atom stereocenters. The highest BCUT2D eigenvalue weighted by atomic mass is 19.4. The van der Waals surface area contributed by atoms with Crippen molar-refractivity contribution in [2.45, 2.75) is 31.2 Å². The number of aromatic nitrogens is 3. The summed E-state index contributed by atoms with van der Waals surface area (Å²) in [5.41, 5.74) is -0.705. The fraction of sp³-hybridized carbons (Fsp3) is 0.304. The second kappa shape index (κ2) is 8.09. The smallest absolute Gasteiger partial charge is 0.416 e. The first kappa shape index (κ1) is 21.3. The largest absolute Gasteiger partial charge is 0.472 e. The van der Waals surface area contributed by atoms with E-state index in [4.69, 9.17) is 4.74 Å².